The predicted molar refractivity (Wildman–Crippen MR) is 297 cm³/mol. The number of piperazine rings is 1. The van der Waals surface area contributed by atoms with E-state index >= 15 is 4.39 Å². The van der Waals surface area contributed by atoms with Gasteiger partial charge in [0.05, 0.1) is 44.9 Å². The maximum atomic E-state index is 17.4. The highest BCUT2D eigenvalue weighted by atomic mass is 35.5. The van der Waals surface area contributed by atoms with Gasteiger partial charge < -0.3 is 64.4 Å². The van der Waals surface area contributed by atoms with Gasteiger partial charge in [-0.3, -0.25) is 4.90 Å². The number of likely N-dealkylation sites (tertiary alicyclic amines) is 1. The molecule has 3 saturated heterocycles. The number of cyclic esters (lactones) is 1. The van der Waals surface area contributed by atoms with E-state index in [0.717, 1.165) is 42.0 Å². The number of ether oxygens (including phenoxy) is 6. The van der Waals surface area contributed by atoms with Gasteiger partial charge in [0.15, 0.2) is 29.2 Å². The van der Waals surface area contributed by atoms with Gasteiger partial charge in [0, 0.05) is 88.8 Å². The summed E-state index contributed by atoms with van der Waals surface area (Å²) in [4.78, 5) is 53.4. The molecule has 84 heavy (non-hydrogen) atoms. The average molecular weight is 1180 g/mol. The van der Waals surface area contributed by atoms with Crippen LogP contribution in [0.3, 0.4) is 0 Å². The van der Waals surface area contributed by atoms with E-state index in [0.29, 0.717) is 96.4 Å². The number of alkyl halides is 3. The van der Waals surface area contributed by atoms with Crippen LogP contribution in [0.1, 0.15) is 99.4 Å². The molecule has 25 heteroatoms. The van der Waals surface area contributed by atoms with Crippen molar-refractivity contribution in [1.82, 2.24) is 34.9 Å². The third-order valence-corrected chi connectivity index (χ3v) is 19.6. The molecule has 444 valence electrons. The summed E-state index contributed by atoms with van der Waals surface area (Å²) >= 11 is 6.92. The van der Waals surface area contributed by atoms with Gasteiger partial charge in [0.2, 0.25) is 6.79 Å². The van der Waals surface area contributed by atoms with E-state index in [4.69, 9.17) is 55.7 Å². The number of hydrogen-bond acceptors (Lipinski definition) is 19. The lowest BCUT2D eigenvalue weighted by atomic mass is 9.37. The van der Waals surface area contributed by atoms with Crippen LogP contribution in [0.5, 0.6) is 11.5 Å². The van der Waals surface area contributed by atoms with Crippen molar-refractivity contribution < 1.29 is 65.8 Å². The highest BCUT2D eigenvalue weighted by Crippen LogP contribution is 2.70. The first-order valence-electron chi connectivity index (χ1n) is 28.4. The van der Waals surface area contributed by atoms with Gasteiger partial charge in [-0.05, 0) is 108 Å². The molecule has 6 fully saturated rings. The molecule has 7 atom stereocenters. The Morgan fingerprint density at radius 2 is 1.82 bits per heavy atom. The van der Waals surface area contributed by atoms with Crippen LogP contribution in [0.25, 0.3) is 22.2 Å². The maximum Gasteiger partial charge on any atom is 0.418 e. The number of allylic oxidation sites excluding steroid dienone is 3. The number of nitrogens with zero attached hydrogens (tertiary/aromatic N) is 8. The fraction of sp³-hybridized carbons (Fsp3) is 0.525. The SMILES string of the molecule is C=C(COC(=O)NC12CC(c3c4c(nc5cc6c(cc35)OCO6)C3=CC5=C(COC(=O)[C@]5(O)CC)C(O)N3C4)(C1)C2)C1OC1N1CCN(C2=NC(OC[C@@H]3CCCN3C)=NC3=C(F)C(c4nc(N)cc(C)c4C(F)(F)F)=C(Cl)CC23C)[C@@H](C)C1. The number of hydrogen-bond donors (Lipinski definition) is 4. The number of epoxide rings is 1. The molecule has 20 nitrogen and oxygen atoms in total. The topological polar surface area (TPSA) is 235 Å². The number of aliphatic hydroxyl groups excluding tert-OH is 1. The van der Waals surface area contributed by atoms with E-state index in [1.165, 1.54) is 6.92 Å². The van der Waals surface area contributed by atoms with Gasteiger partial charge in [0.1, 0.15) is 43.8 Å². The minimum Gasteiger partial charge on any atom is -0.462 e. The van der Waals surface area contributed by atoms with Crippen molar-refractivity contribution in [3.05, 3.63) is 97.8 Å². The summed E-state index contributed by atoms with van der Waals surface area (Å²) in [7, 11) is 1.99. The first-order valence-corrected chi connectivity index (χ1v) is 28.8. The Labute approximate surface area is 485 Å². The molecule has 10 heterocycles. The van der Waals surface area contributed by atoms with E-state index in [-0.39, 0.29) is 91.3 Å². The van der Waals surface area contributed by atoms with Crippen LogP contribution < -0.4 is 20.5 Å². The highest BCUT2D eigenvalue weighted by molar-refractivity contribution is 6.34. The number of carbonyl (C=O) groups excluding carboxylic acids is 2. The van der Waals surface area contributed by atoms with Gasteiger partial charge in [-0.15, -0.1) is 0 Å². The van der Waals surface area contributed by atoms with Gasteiger partial charge >= 0.3 is 24.3 Å². The number of aryl methyl sites for hydroxylation is 1. The number of fused-ring (bicyclic) bond motifs is 6. The van der Waals surface area contributed by atoms with E-state index in [1.807, 2.05) is 35.9 Å². The molecule has 3 aromatic rings. The number of rotatable bonds is 10. The van der Waals surface area contributed by atoms with E-state index in [2.05, 4.69) is 31.7 Å². The number of amides is 1. The lowest BCUT2D eigenvalue weighted by molar-refractivity contribution is -0.164. The second-order valence-corrected chi connectivity index (χ2v) is 25.1. The van der Waals surface area contributed by atoms with Crippen LogP contribution in [0.2, 0.25) is 0 Å². The molecule has 4 aliphatic carbocycles. The van der Waals surface area contributed by atoms with Crippen LogP contribution in [0, 0.1) is 12.3 Å². The molecule has 1 amide bonds. The van der Waals surface area contributed by atoms with Gasteiger partial charge in [-0.1, -0.05) is 25.1 Å². The third kappa shape index (κ3) is 8.38. The van der Waals surface area contributed by atoms with Gasteiger partial charge in [-0.25, -0.2) is 23.9 Å². The van der Waals surface area contributed by atoms with E-state index in [1.54, 1.807) is 19.9 Å². The number of esters is 1. The second kappa shape index (κ2) is 19.1. The fourth-order valence-electron chi connectivity index (χ4n) is 15.0. The summed E-state index contributed by atoms with van der Waals surface area (Å²) in [5, 5.41) is 27.2. The van der Waals surface area contributed by atoms with Crippen LogP contribution >= 0.6 is 11.6 Å². The molecule has 4 unspecified atom stereocenters. The molecule has 8 aliphatic heterocycles. The van der Waals surface area contributed by atoms with Crippen LogP contribution in [0.15, 0.2) is 74.1 Å². The summed E-state index contributed by atoms with van der Waals surface area (Å²) in [6.45, 7) is 13.5. The molecule has 3 saturated carbocycles. The van der Waals surface area contributed by atoms with E-state index < -0.39 is 69.8 Å². The Balaban J connectivity index is 0.639. The molecule has 1 aromatic carbocycles. The fourth-order valence-corrected chi connectivity index (χ4v) is 15.5. The lowest BCUT2D eigenvalue weighted by Gasteiger charge is -2.71. The number of aromatic nitrogens is 2. The lowest BCUT2D eigenvalue weighted by Crippen LogP contribution is -2.77. The number of likely N-dealkylation sites (N-methyl/N-ethyl adjacent to an activating group) is 1. The first-order chi connectivity index (χ1) is 39.9. The summed E-state index contributed by atoms with van der Waals surface area (Å²) in [5.41, 5.74) is 4.26. The highest BCUT2D eigenvalue weighted by Gasteiger charge is 2.71. The molecule has 2 aromatic heterocycles. The number of amidine groups is 2. The zero-order chi connectivity index (χ0) is 58.9. The molecule has 0 radical (unpaired) electrons. The second-order valence-electron chi connectivity index (χ2n) is 24.7. The first kappa shape index (κ1) is 55.1. The Morgan fingerprint density at radius 1 is 1.06 bits per heavy atom. The summed E-state index contributed by atoms with van der Waals surface area (Å²) in [6, 6.07) is 4.59. The van der Waals surface area contributed by atoms with Crippen LogP contribution in [-0.2, 0) is 41.9 Å². The average Bonchev–Trinajstić information content (AvgIpc) is 0.931. The summed E-state index contributed by atoms with van der Waals surface area (Å²) < 4.78 is 96.5. The number of nitrogens with two attached hydrogens (primary N) is 1. The molecule has 15 rings (SSSR count). The van der Waals surface area contributed by atoms with Crippen molar-refractivity contribution in [3.63, 3.8) is 0 Å². The molecule has 5 N–H and O–H groups in total. The number of halogens is 5. The maximum absolute atomic E-state index is 17.4. The number of nitrogen functional groups attached to an aromatic ring is 1. The van der Waals surface area contributed by atoms with Crippen molar-refractivity contribution in [2.75, 3.05) is 65.6 Å². The number of nitrogens with one attached hydrogen (secondary N) is 1. The number of aliphatic imine (C=N–C) groups is 2. The minimum atomic E-state index is -4.90. The van der Waals surface area contributed by atoms with Crippen LogP contribution in [-0.4, -0.2) is 165 Å². The number of alkyl carbamates (subject to hydrolysis) is 1. The zero-order valence-corrected chi connectivity index (χ0v) is 47.7. The third-order valence-electron chi connectivity index (χ3n) is 19.3. The molecule has 12 aliphatic rings. The molecule has 2 bridgehead atoms. The minimum absolute atomic E-state index is 0.0562. The van der Waals surface area contributed by atoms with Gasteiger partial charge in [0.25, 0.3) is 0 Å². The molecular weight excluding hydrogens is 1120 g/mol. The Bertz CT molecular complexity index is 3640. The Kier molecular flexibility index (Phi) is 12.5. The van der Waals surface area contributed by atoms with Crippen molar-refractivity contribution in [2.24, 2.45) is 15.4 Å². The standard InChI is InChI=1S/C59H63ClF4N10O10/c1-7-58(78)34-15-37-45-32(19-74(37)49(75)33(34)22-79-52(58)76)43(31-14-38-39(83-26-82-38)16-36(31)66-45)56-23-57(24-56,25-56)70-54(77)81-20-28(3)47-50(84-47)72-11-12-73(29(4)18-72)51-55(5)17-35(60)41(46-42(59(62,63)64)27(2)13-40(65)67-46)44(61)48(55)68-53(69-51)80-21-30-9-8-10-71(30)6/h13-16,29-30,47,49-50,75,78H,3,7-12,17-26H2,1-2,4-6H3,(H2,65,67)(H,70,77)/t29-,30-,47?,49?,50?,55?,56?,57?,58-/m0/s1. The van der Waals surface area contributed by atoms with Crippen molar-refractivity contribution in [3.8, 4) is 11.5 Å². The zero-order valence-electron chi connectivity index (χ0n) is 46.9. The number of pyridine rings is 2. The quantitative estimate of drug-likeness (QED) is 0.0688. The Morgan fingerprint density at radius 3 is 2.54 bits per heavy atom. The van der Waals surface area contributed by atoms with E-state index in [9.17, 15) is 33.0 Å². The largest absolute Gasteiger partial charge is 0.462 e. The number of benzene rings is 1. The van der Waals surface area contributed by atoms with Crippen molar-refractivity contribution >= 4 is 63.5 Å². The number of aliphatic hydroxyl groups is 2. The molecular formula is C59H63ClF4N10O10. The number of carbonyl (C=O) groups is 2. The Hall–Kier alpha value is -6.83. The monoisotopic (exact) mass is 1180 g/mol. The number of anilines is 1. The summed E-state index contributed by atoms with van der Waals surface area (Å²) in [5.74, 6) is -0.480. The molecule has 0 spiro atoms. The van der Waals surface area contributed by atoms with Crippen molar-refractivity contribution in [2.45, 2.75) is 133 Å². The normalized spacial score (nSPS) is 32.2. The smallest absolute Gasteiger partial charge is 0.418 e. The van der Waals surface area contributed by atoms with Crippen LogP contribution in [0.4, 0.5) is 28.2 Å². The van der Waals surface area contributed by atoms with Gasteiger partial charge in [-0.2, -0.15) is 23.2 Å². The predicted octanol–water partition coefficient (Wildman–Crippen LogP) is 7.06. The summed E-state index contributed by atoms with van der Waals surface area (Å²) in [6.07, 6.45) is -2.05. The van der Waals surface area contributed by atoms with Crippen molar-refractivity contribution in [1.29, 1.82) is 0 Å².